The normalized spacial score (nSPS) is 23.1. The van der Waals surface area contributed by atoms with E-state index in [0.717, 1.165) is 30.4 Å². The molecule has 0 aliphatic carbocycles. The van der Waals surface area contributed by atoms with Crippen LogP contribution in [-0.4, -0.2) is 49.8 Å². The van der Waals surface area contributed by atoms with Gasteiger partial charge in [-0.2, -0.15) is 0 Å². The first-order valence-corrected chi connectivity index (χ1v) is 9.94. The number of sulfone groups is 1. The Hall–Kier alpha value is -2.15. The maximum Gasteiger partial charge on any atom is 0.175 e. The van der Waals surface area contributed by atoms with Gasteiger partial charge in [-0.3, -0.25) is 0 Å². The van der Waals surface area contributed by atoms with Crippen LogP contribution >= 0.6 is 0 Å². The Morgan fingerprint density at radius 1 is 1.08 bits per heavy atom. The smallest absolute Gasteiger partial charge is 0.175 e. The second-order valence-electron chi connectivity index (χ2n) is 6.58. The van der Waals surface area contributed by atoms with E-state index in [0.29, 0.717) is 17.0 Å². The van der Waals surface area contributed by atoms with Gasteiger partial charge in [-0.25, -0.2) is 18.4 Å². The number of fused-ring (bicyclic) bond motifs is 2. The predicted molar refractivity (Wildman–Crippen MR) is 93.2 cm³/mol. The lowest BCUT2D eigenvalue weighted by atomic mass is 9.86. The summed E-state index contributed by atoms with van der Waals surface area (Å²) in [5.74, 6) is 1.78. The molecule has 0 N–H and O–H groups in total. The summed E-state index contributed by atoms with van der Waals surface area (Å²) in [4.78, 5) is 13.8. The van der Waals surface area contributed by atoms with Gasteiger partial charge in [-0.15, -0.1) is 0 Å². The standard InChI is InChI=1S/C17H20N4O2S/c1-12-18-8-7-17(19-12)20-10-14-9-15(11-20)21(14)13-3-5-16(6-4-13)24(2,22)23/h3-8,14-15H,9-11H2,1-2H3. The van der Waals surface area contributed by atoms with E-state index < -0.39 is 9.84 Å². The van der Waals surface area contributed by atoms with E-state index in [1.54, 1.807) is 18.3 Å². The maximum absolute atomic E-state index is 11.6. The fourth-order valence-corrected chi connectivity index (χ4v) is 4.33. The Morgan fingerprint density at radius 3 is 2.33 bits per heavy atom. The molecule has 2 aromatic rings. The molecule has 0 spiro atoms. The van der Waals surface area contributed by atoms with Gasteiger partial charge in [0.2, 0.25) is 0 Å². The average molecular weight is 344 g/mol. The summed E-state index contributed by atoms with van der Waals surface area (Å²) in [6.07, 6.45) is 4.22. The molecule has 0 radical (unpaired) electrons. The van der Waals surface area contributed by atoms with E-state index in [9.17, 15) is 8.42 Å². The first kappa shape index (κ1) is 15.4. The van der Waals surface area contributed by atoms with Crippen molar-refractivity contribution in [2.45, 2.75) is 30.3 Å². The molecular weight excluding hydrogens is 324 g/mol. The van der Waals surface area contributed by atoms with Crippen LogP contribution in [0.4, 0.5) is 11.5 Å². The Labute approximate surface area is 142 Å². The molecular formula is C17H20N4O2S. The van der Waals surface area contributed by atoms with E-state index in [2.05, 4.69) is 19.8 Å². The molecule has 3 fully saturated rings. The molecule has 7 heteroatoms. The van der Waals surface area contributed by atoms with Crippen LogP contribution in [-0.2, 0) is 9.84 Å². The van der Waals surface area contributed by atoms with E-state index in [4.69, 9.17) is 0 Å². The lowest BCUT2D eigenvalue weighted by Crippen LogP contribution is -2.69. The van der Waals surface area contributed by atoms with Crippen molar-refractivity contribution in [1.82, 2.24) is 9.97 Å². The minimum absolute atomic E-state index is 0.370. The number of benzene rings is 1. The molecule has 5 rings (SSSR count). The second-order valence-corrected chi connectivity index (χ2v) is 8.60. The van der Waals surface area contributed by atoms with Crippen molar-refractivity contribution in [3.05, 3.63) is 42.4 Å². The van der Waals surface area contributed by atoms with E-state index in [1.165, 1.54) is 12.7 Å². The van der Waals surface area contributed by atoms with Crippen LogP contribution in [0.2, 0.25) is 0 Å². The molecule has 0 saturated carbocycles. The molecule has 2 unspecified atom stereocenters. The first-order chi connectivity index (χ1) is 11.4. The van der Waals surface area contributed by atoms with Crippen molar-refractivity contribution in [2.75, 3.05) is 29.1 Å². The summed E-state index contributed by atoms with van der Waals surface area (Å²) < 4.78 is 23.2. The molecule has 1 aromatic heterocycles. The lowest BCUT2D eigenvalue weighted by Gasteiger charge is -2.57. The summed E-state index contributed by atoms with van der Waals surface area (Å²) in [5, 5.41) is 0. The van der Waals surface area contributed by atoms with Crippen LogP contribution in [0, 0.1) is 6.92 Å². The zero-order valence-corrected chi connectivity index (χ0v) is 14.6. The van der Waals surface area contributed by atoms with Crippen LogP contribution in [0.5, 0.6) is 0 Å². The number of rotatable bonds is 3. The lowest BCUT2D eigenvalue weighted by molar-refractivity contribution is 0.290. The fourth-order valence-electron chi connectivity index (χ4n) is 3.70. The Kier molecular flexibility index (Phi) is 3.49. The highest BCUT2D eigenvalue weighted by atomic mass is 32.2. The molecule has 2 bridgehead atoms. The van der Waals surface area contributed by atoms with Gasteiger partial charge in [-0.1, -0.05) is 0 Å². The van der Waals surface area contributed by atoms with Crippen molar-refractivity contribution >= 4 is 21.3 Å². The van der Waals surface area contributed by atoms with E-state index >= 15 is 0 Å². The highest BCUT2D eigenvalue weighted by Crippen LogP contribution is 2.38. The summed E-state index contributed by atoms with van der Waals surface area (Å²) >= 11 is 0. The third-order valence-electron chi connectivity index (χ3n) is 4.84. The maximum atomic E-state index is 11.6. The topological polar surface area (TPSA) is 66.4 Å². The SMILES string of the molecule is Cc1nccc(N2CC3CC(C2)N3c2ccc(S(C)(=O)=O)cc2)n1. The fraction of sp³-hybridized carbons (Fsp3) is 0.412. The third kappa shape index (κ3) is 2.62. The van der Waals surface area contributed by atoms with Crippen molar-refractivity contribution in [3.63, 3.8) is 0 Å². The number of aromatic nitrogens is 2. The molecule has 3 saturated heterocycles. The number of hydrogen-bond donors (Lipinski definition) is 0. The summed E-state index contributed by atoms with van der Waals surface area (Å²) in [5.41, 5.74) is 1.10. The van der Waals surface area contributed by atoms with Crippen LogP contribution in [0.3, 0.4) is 0 Å². The van der Waals surface area contributed by atoms with Crippen LogP contribution < -0.4 is 9.80 Å². The number of piperidine rings is 1. The van der Waals surface area contributed by atoms with Crippen LogP contribution in [0.15, 0.2) is 41.4 Å². The Morgan fingerprint density at radius 2 is 1.75 bits per heavy atom. The average Bonchev–Trinajstić information content (AvgIpc) is 2.54. The first-order valence-electron chi connectivity index (χ1n) is 8.05. The zero-order chi connectivity index (χ0) is 16.9. The molecule has 6 nitrogen and oxygen atoms in total. The van der Waals surface area contributed by atoms with Gasteiger partial charge in [0.15, 0.2) is 9.84 Å². The van der Waals surface area contributed by atoms with Gasteiger partial charge >= 0.3 is 0 Å². The molecule has 24 heavy (non-hydrogen) atoms. The largest absolute Gasteiger partial charge is 0.362 e. The molecule has 0 amide bonds. The molecule has 3 aliphatic heterocycles. The zero-order valence-electron chi connectivity index (χ0n) is 13.8. The van der Waals surface area contributed by atoms with Crippen molar-refractivity contribution in [1.29, 1.82) is 0 Å². The van der Waals surface area contributed by atoms with E-state index in [1.807, 2.05) is 25.1 Å². The van der Waals surface area contributed by atoms with E-state index in [-0.39, 0.29) is 0 Å². The summed E-state index contributed by atoms with van der Waals surface area (Å²) in [7, 11) is -3.14. The van der Waals surface area contributed by atoms with Crippen LogP contribution in [0.1, 0.15) is 12.2 Å². The number of anilines is 2. The number of hydrogen-bond acceptors (Lipinski definition) is 6. The number of piperazine rings is 1. The van der Waals surface area contributed by atoms with Crippen molar-refractivity contribution in [3.8, 4) is 0 Å². The quantitative estimate of drug-likeness (QED) is 0.844. The highest BCUT2D eigenvalue weighted by molar-refractivity contribution is 7.90. The van der Waals surface area contributed by atoms with Gasteiger partial charge in [0.1, 0.15) is 11.6 Å². The van der Waals surface area contributed by atoms with Crippen LogP contribution in [0.25, 0.3) is 0 Å². The monoisotopic (exact) mass is 344 g/mol. The van der Waals surface area contributed by atoms with Gasteiger partial charge in [0.05, 0.1) is 4.90 Å². The summed E-state index contributed by atoms with van der Waals surface area (Å²) in [6.45, 7) is 3.77. The second kappa shape index (κ2) is 5.44. The molecule has 1 aromatic carbocycles. The minimum Gasteiger partial charge on any atom is -0.362 e. The van der Waals surface area contributed by atoms with Crippen molar-refractivity contribution < 1.29 is 8.42 Å². The number of aryl methyl sites for hydroxylation is 1. The predicted octanol–water partition coefficient (Wildman–Crippen LogP) is 1.66. The Balaban J connectivity index is 1.51. The van der Waals surface area contributed by atoms with Gasteiger partial charge in [0.25, 0.3) is 0 Å². The van der Waals surface area contributed by atoms with Gasteiger partial charge in [0, 0.05) is 43.3 Å². The minimum atomic E-state index is -3.14. The van der Waals surface area contributed by atoms with Crippen molar-refractivity contribution in [2.24, 2.45) is 0 Å². The van der Waals surface area contributed by atoms with Gasteiger partial charge in [-0.05, 0) is 43.7 Å². The molecule has 2 atom stereocenters. The van der Waals surface area contributed by atoms with Gasteiger partial charge < -0.3 is 9.80 Å². The third-order valence-corrected chi connectivity index (χ3v) is 5.97. The highest BCUT2D eigenvalue weighted by Gasteiger charge is 2.45. The molecule has 126 valence electrons. The molecule has 3 aliphatic rings. The Bertz CT molecular complexity index is 854. The number of nitrogens with zero attached hydrogens (tertiary/aromatic N) is 4. The molecule has 4 heterocycles. The summed E-state index contributed by atoms with van der Waals surface area (Å²) in [6, 6.07) is 10.1.